The number of hydrogen-bond donors (Lipinski definition) is 1. The van der Waals surface area contributed by atoms with Crippen molar-refractivity contribution in [3.63, 3.8) is 0 Å². The smallest absolute Gasteiger partial charge is 0.418 e. The first-order valence-corrected chi connectivity index (χ1v) is 12.4. The fourth-order valence-electron chi connectivity index (χ4n) is 3.32. The van der Waals surface area contributed by atoms with Crippen molar-refractivity contribution in [2.45, 2.75) is 69.1 Å². The minimum Gasteiger partial charge on any atom is -0.494 e. The van der Waals surface area contributed by atoms with Crippen LogP contribution >= 0.6 is 0 Å². The molecule has 13 heteroatoms. The van der Waals surface area contributed by atoms with Gasteiger partial charge < -0.3 is 4.74 Å². The molecule has 0 aliphatic heterocycles. The van der Waals surface area contributed by atoms with Gasteiger partial charge >= 0.3 is 18.3 Å². The van der Waals surface area contributed by atoms with Gasteiger partial charge in [0.15, 0.2) is 0 Å². The molecule has 0 aromatic heterocycles. The second-order valence-electron chi connectivity index (χ2n) is 9.59. The Morgan fingerprint density at radius 1 is 0.868 bits per heavy atom. The summed E-state index contributed by atoms with van der Waals surface area (Å²) in [5.41, 5.74) is -5.70. The molecule has 38 heavy (non-hydrogen) atoms. The van der Waals surface area contributed by atoms with E-state index >= 15 is 8.78 Å². The zero-order valence-electron chi connectivity index (χ0n) is 20.9. The molecular formula is C25H27F8NO3S. The number of hydrogen-bond acceptors (Lipinski definition) is 3. The maximum atomic E-state index is 15.9. The number of rotatable bonds is 10. The molecule has 2 rings (SSSR count). The summed E-state index contributed by atoms with van der Waals surface area (Å²) in [5.74, 6) is -7.53. The van der Waals surface area contributed by atoms with Crippen molar-refractivity contribution in [1.29, 1.82) is 0 Å². The average Bonchev–Trinajstić information content (AvgIpc) is 2.78. The standard InChI is InChI=1S/C25H27F8NO3S/c1-16-6-8-17(9-7-16)20(35)24(29,30)23(25(31,32)33,34-38(36)21(2,3)4)18-10-12-19(13-11-18)37-15-5-14-22(26,27)28/h6-13,34H,5,14-15H2,1-4H3. The Morgan fingerprint density at radius 3 is 1.84 bits per heavy atom. The van der Waals surface area contributed by atoms with Crippen LogP contribution < -0.4 is 9.46 Å². The minimum atomic E-state index is -5.85. The summed E-state index contributed by atoms with van der Waals surface area (Å²) in [6.45, 7) is 4.93. The van der Waals surface area contributed by atoms with Gasteiger partial charge in [-0.05, 0) is 51.8 Å². The number of ketones is 1. The van der Waals surface area contributed by atoms with E-state index in [0.717, 1.165) is 24.3 Å². The third-order valence-electron chi connectivity index (χ3n) is 5.46. The number of alkyl halides is 8. The predicted octanol–water partition coefficient (Wildman–Crippen LogP) is 7.04. The molecule has 2 aromatic carbocycles. The Labute approximate surface area is 217 Å². The van der Waals surface area contributed by atoms with E-state index in [0.29, 0.717) is 17.7 Å². The van der Waals surface area contributed by atoms with Gasteiger partial charge in [-0.15, -0.1) is 0 Å². The Kier molecular flexibility index (Phi) is 9.41. The van der Waals surface area contributed by atoms with Gasteiger partial charge in [0.25, 0.3) is 0 Å². The first kappa shape index (κ1) is 31.7. The fraction of sp³-hybridized carbons (Fsp3) is 0.480. The highest BCUT2D eigenvalue weighted by atomic mass is 32.2. The van der Waals surface area contributed by atoms with Gasteiger partial charge in [0, 0.05) is 12.0 Å². The zero-order valence-corrected chi connectivity index (χ0v) is 21.7. The van der Waals surface area contributed by atoms with E-state index in [9.17, 15) is 35.3 Å². The molecule has 1 N–H and O–H groups in total. The lowest BCUT2D eigenvalue weighted by Gasteiger charge is -2.42. The molecule has 0 amide bonds. The monoisotopic (exact) mass is 573 g/mol. The van der Waals surface area contributed by atoms with Gasteiger partial charge in [0.2, 0.25) is 11.3 Å². The van der Waals surface area contributed by atoms with Crippen LogP contribution in [-0.2, 0) is 16.5 Å². The molecule has 0 saturated heterocycles. The number of Topliss-reactive ketones (excluding diaryl/α,β-unsaturated/α-hetero) is 1. The lowest BCUT2D eigenvalue weighted by atomic mass is 9.80. The molecule has 0 bridgehead atoms. The van der Waals surface area contributed by atoms with Crippen molar-refractivity contribution >= 4 is 16.8 Å². The number of ether oxygens (including phenoxy) is 1. The maximum absolute atomic E-state index is 15.9. The summed E-state index contributed by atoms with van der Waals surface area (Å²) < 4.78 is 131. The number of benzene rings is 2. The second-order valence-corrected chi connectivity index (χ2v) is 11.6. The van der Waals surface area contributed by atoms with Crippen LogP contribution in [0.1, 0.15) is 55.1 Å². The summed E-state index contributed by atoms with van der Waals surface area (Å²) in [6.07, 6.45) is -11.9. The quantitative estimate of drug-likeness (QED) is 0.188. The van der Waals surface area contributed by atoms with E-state index < -0.39 is 75.9 Å². The van der Waals surface area contributed by atoms with Gasteiger partial charge in [-0.3, -0.25) is 4.79 Å². The Morgan fingerprint density at radius 2 is 1.39 bits per heavy atom. The van der Waals surface area contributed by atoms with E-state index in [-0.39, 0.29) is 5.75 Å². The van der Waals surface area contributed by atoms with Gasteiger partial charge in [-0.1, -0.05) is 42.0 Å². The molecule has 0 radical (unpaired) electrons. The van der Waals surface area contributed by atoms with Crippen LogP contribution in [0, 0.1) is 6.92 Å². The van der Waals surface area contributed by atoms with E-state index in [4.69, 9.17) is 4.74 Å². The van der Waals surface area contributed by atoms with Gasteiger partial charge in [0.1, 0.15) is 5.75 Å². The van der Waals surface area contributed by atoms with E-state index in [2.05, 4.69) is 0 Å². The molecule has 0 heterocycles. The van der Waals surface area contributed by atoms with E-state index in [1.807, 2.05) is 0 Å². The highest BCUT2D eigenvalue weighted by Gasteiger charge is 2.74. The second kappa shape index (κ2) is 11.3. The van der Waals surface area contributed by atoms with E-state index in [1.165, 1.54) is 37.6 Å². The Balaban J connectivity index is 2.61. The van der Waals surface area contributed by atoms with Crippen molar-refractivity contribution in [3.8, 4) is 5.75 Å². The topological polar surface area (TPSA) is 55.4 Å². The largest absolute Gasteiger partial charge is 0.494 e. The Hall–Kier alpha value is -2.54. The van der Waals surface area contributed by atoms with Crippen molar-refractivity contribution in [2.24, 2.45) is 0 Å². The number of halogens is 8. The molecule has 2 unspecified atom stereocenters. The van der Waals surface area contributed by atoms with Crippen molar-refractivity contribution < 1.29 is 48.9 Å². The summed E-state index contributed by atoms with van der Waals surface area (Å²) in [6, 6.07) is 7.42. The van der Waals surface area contributed by atoms with Crippen molar-refractivity contribution in [1.82, 2.24) is 4.72 Å². The molecule has 0 fully saturated rings. The molecule has 0 aliphatic rings. The predicted molar refractivity (Wildman–Crippen MR) is 126 cm³/mol. The first-order chi connectivity index (χ1) is 17.2. The van der Waals surface area contributed by atoms with Crippen LogP contribution in [-0.4, -0.2) is 39.6 Å². The van der Waals surface area contributed by atoms with Gasteiger partial charge in [-0.2, -0.15) is 35.1 Å². The summed E-state index contributed by atoms with van der Waals surface area (Å²) in [7, 11) is -2.74. The highest BCUT2D eigenvalue weighted by molar-refractivity contribution is 7.84. The number of carbonyl (C=O) groups excluding carboxylic acids is 1. The third kappa shape index (κ3) is 7.10. The fourth-order valence-corrected chi connectivity index (χ4v) is 4.26. The first-order valence-electron chi connectivity index (χ1n) is 11.3. The molecule has 0 saturated carbocycles. The normalized spacial score (nSPS) is 15.6. The third-order valence-corrected chi connectivity index (χ3v) is 7.06. The van der Waals surface area contributed by atoms with Gasteiger partial charge in [0.05, 0.1) is 22.3 Å². The molecule has 4 nitrogen and oxygen atoms in total. The Bertz CT molecular complexity index is 1120. The van der Waals surface area contributed by atoms with Crippen LogP contribution in [0.4, 0.5) is 35.1 Å². The lowest BCUT2D eigenvalue weighted by Crippen LogP contribution is -2.68. The highest BCUT2D eigenvalue weighted by Crippen LogP contribution is 2.51. The summed E-state index contributed by atoms with van der Waals surface area (Å²) >= 11 is 0. The summed E-state index contributed by atoms with van der Waals surface area (Å²) in [4.78, 5) is 12.9. The van der Waals surface area contributed by atoms with Crippen LogP contribution in [0.15, 0.2) is 48.5 Å². The van der Waals surface area contributed by atoms with Crippen LogP contribution in [0.5, 0.6) is 5.75 Å². The summed E-state index contributed by atoms with van der Waals surface area (Å²) in [5, 5.41) is 0. The van der Waals surface area contributed by atoms with Gasteiger partial charge in [-0.25, -0.2) is 8.93 Å². The van der Waals surface area contributed by atoms with Crippen LogP contribution in [0.2, 0.25) is 0 Å². The number of carbonyl (C=O) groups is 1. The maximum Gasteiger partial charge on any atom is 0.418 e. The number of aryl methyl sites for hydroxylation is 1. The zero-order chi connectivity index (χ0) is 29.2. The average molecular weight is 574 g/mol. The van der Waals surface area contributed by atoms with E-state index in [1.54, 1.807) is 6.92 Å². The molecule has 0 aliphatic carbocycles. The van der Waals surface area contributed by atoms with Crippen LogP contribution in [0.3, 0.4) is 0 Å². The molecular weight excluding hydrogens is 546 g/mol. The molecule has 212 valence electrons. The SMILES string of the molecule is Cc1ccc(C(=O)C(F)(F)C(NS(=O)C(C)(C)C)(c2ccc(OCCCC(F)(F)F)cc2)C(F)(F)F)cc1. The van der Waals surface area contributed by atoms with Crippen molar-refractivity contribution in [3.05, 3.63) is 65.2 Å². The lowest BCUT2D eigenvalue weighted by molar-refractivity contribution is -0.249. The minimum absolute atomic E-state index is 0.183. The van der Waals surface area contributed by atoms with Crippen molar-refractivity contribution in [2.75, 3.05) is 6.61 Å². The molecule has 2 aromatic rings. The van der Waals surface area contributed by atoms with Crippen LogP contribution in [0.25, 0.3) is 0 Å². The molecule has 2 atom stereocenters. The molecule has 0 spiro atoms. The number of nitrogens with one attached hydrogen (secondary N) is 1.